The highest BCUT2D eigenvalue weighted by Gasteiger charge is 2.32. The summed E-state index contributed by atoms with van der Waals surface area (Å²) >= 11 is 1.89. The summed E-state index contributed by atoms with van der Waals surface area (Å²) in [5.41, 5.74) is 0. The molecule has 0 radical (unpaired) electrons. The molecule has 0 bridgehead atoms. The van der Waals surface area contributed by atoms with Crippen LogP contribution in [0, 0.1) is 0 Å². The molecule has 2 rings (SSSR count). The van der Waals surface area contributed by atoms with Gasteiger partial charge >= 0.3 is 0 Å². The molecular formula is C18H37IN4O3S2. The molecule has 2 heterocycles. The fraction of sp³-hybridized carbons (Fsp3) is 0.944. The molecule has 0 saturated carbocycles. The molecule has 0 aromatic carbocycles. The number of aliphatic imine (C=N–C) groups is 1. The van der Waals surface area contributed by atoms with Gasteiger partial charge in [-0.1, -0.05) is 6.92 Å². The van der Waals surface area contributed by atoms with Crippen LogP contribution in [0.15, 0.2) is 4.99 Å². The standard InChI is InChI=1S/C18H36N4O3S2.HI/c1-4-14-27(23,24)22-10-6-16(7-11-22)21-17(19-5-2)20-15-18(26-3)8-12-25-13-9-18;/h16H,4-15H2,1-3H3,(H2,19,20,21);1H. The van der Waals surface area contributed by atoms with Gasteiger partial charge in [0, 0.05) is 43.6 Å². The van der Waals surface area contributed by atoms with E-state index in [0.29, 0.717) is 19.5 Å². The minimum atomic E-state index is -3.09. The van der Waals surface area contributed by atoms with E-state index in [1.54, 1.807) is 4.31 Å². The smallest absolute Gasteiger partial charge is 0.214 e. The minimum Gasteiger partial charge on any atom is -0.381 e. The van der Waals surface area contributed by atoms with Crippen molar-refractivity contribution in [1.29, 1.82) is 0 Å². The number of nitrogens with zero attached hydrogens (tertiary/aromatic N) is 2. The number of halogens is 1. The molecule has 2 N–H and O–H groups in total. The lowest BCUT2D eigenvalue weighted by Gasteiger charge is -2.35. The average molecular weight is 549 g/mol. The molecule has 0 aromatic rings. The predicted molar refractivity (Wildman–Crippen MR) is 130 cm³/mol. The van der Waals surface area contributed by atoms with Crippen LogP contribution < -0.4 is 10.6 Å². The maximum atomic E-state index is 12.2. The van der Waals surface area contributed by atoms with Crippen LogP contribution in [0.2, 0.25) is 0 Å². The van der Waals surface area contributed by atoms with Crippen molar-refractivity contribution in [1.82, 2.24) is 14.9 Å². The topological polar surface area (TPSA) is 83.0 Å². The third-order valence-corrected chi connectivity index (χ3v) is 8.84. The summed E-state index contributed by atoms with van der Waals surface area (Å²) in [5.74, 6) is 1.09. The van der Waals surface area contributed by atoms with E-state index >= 15 is 0 Å². The molecule has 2 fully saturated rings. The Hall–Kier alpha value is 0.220. The first-order valence-corrected chi connectivity index (χ1v) is 12.9. The SMILES string of the molecule is CCCS(=O)(=O)N1CCC(NC(=NCC2(SC)CCOCC2)NCC)CC1.I. The number of guanidine groups is 1. The molecular weight excluding hydrogens is 511 g/mol. The second kappa shape index (κ2) is 12.8. The van der Waals surface area contributed by atoms with Crippen molar-refractivity contribution in [3.63, 3.8) is 0 Å². The normalized spacial score (nSPS) is 21.8. The van der Waals surface area contributed by atoms with E-state index < -0.39 is 10.0 Å². The number of ether oxygens (including phenoxy) is 1. The Morgan fingerprint density at radius 1 is 1.25 bits per heavy atom. The van der Waals surface area contributed by atoms with Crippen molar-refractivity contribution in [2.75, 3.05) is 51.4 Å². The first kappa shape index (κ1) is 26.3. The molecule has 0 aromatic heterocycles. The zero-order valence-corrected chi connectivity index (χ0v) is 21.4. The third-order valence-electron chi connectivity index (χ3n) is 5.36. The monoisotopic (exact) mass is 548 g/mol. The van der Waals surface area contributed by atoms with E-state index in [1.807, 2.05) is 18.7 Å². The molecule has 166 valence electrons. The number of piperidine rings is 1. The van der Waals surface area contributed by atoms with Gasteiger partial charge in [0.25, 0.3) is 0 Å². The van der Waals surface area contributed by atoms with Crippen molar-refractivity contribution >= 4 is 51.7 Å². The Bertz CT molecular complexity index is 575. The summed E-state index contributed by atoms with van der Waals surface area (Å²) < 4.78 is 31.8. The molecule has 10 heteroatoms. The largest absolute Gasteiger partial charge is 0.381 e. The van der Waals surface area contributed by atoms with Crippen LogP contribution in [0.5, 0.6) is 0 Å². The zero-order valence-electron chi connectivity index (χ0n) is 17.4. The van der Waals surface area contributed by atoms with E-state index in [9.17, 15) is 8.42 Å². The molecule has 0 spiro atoms. The highest BCUT2D eigenvalue weighted by Crippen LogP contribution is 2.34. The summed E-state index contributed by atoms with van der Waals surface area (Å²) in [6.45, 7) is 8.36. The number of nitrogens with one attached hydrogen (secondary N) is 2. The lowest BCUT2D eigenvalue weighted by atomic mass is 9.99. The van der Waals surface area contributed by atoms with E-state index in [0.717, 1.165) is 57.9 Å². The van der Waals surface area contributed by atoms with Crippen molar-refractivity contribution in [2.45, 2.75) is 56.7 Å². The third kappa shape index (κ3) is 7.81. The predicted octanol–water partition coefficient (Wildman–Crippen LogP) is 2.28. The second-order valence-corrected chi connectivity index (χ2v) is 10.7. The quantitative estimate of drug-likeness (QED) is 0.275. The van der Waals surface area contributed by atoms with E-state index in [4.69, 9.17) is 9.73 Å². The van der Waals surface area contributed by atoms with Crippen LogP contribution in [0.25, 0.3) is 0 Å². The van der Waals surface area contributed by atoms with Gasteiger partial charge in [0.2, 0.25) is 10.0 Å². The van der Waals surface area contributed by atoms with Crippen LogP contribution in [-0.2, 0) is 14.8 Å². The van der Waals surface area contributed by atoms with Crippen LogP contribution in [0.4, 0.5) is 0 Å². The van der Waals surface area contributed by atoms with Crippen molar-refractivity contribution in [3.8, 4) is 0 Å². The molecule has 0 atom stereocenters. The van der Waals surface area contributed by atoms with Crippen molar-refractivity contribution < 1.29 is 13.2 Å². The molecule has 0 aliphatic carbocycles. The lowest BCUT2D eigenvalue weighted by Crippen LogP contribution is -2.50. The van der Waals surface area contributed by atoms with Crippen LogP contribution in [0.3, 0.4) is 0 Å². The lowest BCUT2D eigenvalue weighted by molar-refractivity contribution is 0.0794. The van der Waals surface area contributed by atoms with Gasteiger partial charge in [-0.15, -0.1) is 24.0 Å². The molecule has 28 heavy (non-hydrogen) atoms. The maximum absolute atomic E-state index is 12.2. The van der Waals surface area contributed by atoms with E-state index in [-0.39, 0.29) is 40.5 Å². The maximum Gasteiger partial charge on any atom is 0.214 e. The van der Waals surface area contributed by atoms with Crippen LogP contribution >= 0.6 is 35.7 Å². The molecule has 7 nitrogen and oxygen atoms in total. The number of hydrogen-bond donors (Lipinski definition) is 2. The molecule has 2 saturated heterocycles. The second-order valence-electron chi connectivity index (χ2n) is 7.33. The van der Waals surface area contributed by atoms with Gasteiger partial charge < -0.3 is 15.4 Å². The number of hydrogen-bond acceptors (Lipinski definition) is 5. The van der Waals surface area contributed by atoms with Gasteiger partial charge in [0.1, 0.15) is 0 Å². The number of sulfonamides is 1. The summed E-state index contributed by atoms with van der Waals surface area (Å²) in [4.78, 5) is 4.86. The Balaban J connectivity index is 0.00000392. The first-order chi connectivity index (χ1) is 12.9. The Morgan fingerprint density at radius 3 is 2.43 bits per heavy atom. The highest BCUT2D eigenvalue weighted by molar-refractivity contribution is 14.0. The Morgan fingerprint density at radius 2 is 1.89 bits per heavy atom. The van der Waals surface area contributed by atoms with Crippen molar-refractivity contribution in [3.05, 3.63) is 0 Å². The summed E-state index contributed by atoms with van der Waals surface area (Å²) in [6, 6.07) is 0.260. The fourth-order valence-electron chi connectivity index (χ4n) is 3.57. The van der Waals surface area contributed by atoms with Gasteiger partial charge in [-0.05, 0) is 45.3 Å². The van der Waals surface area contributed by atoms with E-state index in [1.165, 1.54) is 0 Å². The molecule has 0 amide bonds. The van der Waals surface area contributed by atoms with E-state index in [2.05, 4.69) is 23.8 Å². The Labute approximate surface area is 192 Å². The molecule has 0 unspecified atom stereocenters. The van der Waals surface area contributed by atoms with Gasteiger partial charge in [0.15, 0.2) is 5.96 Å². The summed E-state index contributed by atoms with van der Waals surface area (Å²) in [7, 11) is -3.09. The fourth-order valence-corrected chi connectivity index (χ4v) is 5.88. The Kier molecular flexibility index (Phi) is 12.0. The number of rotatable bonds is 8. The van der Waals surface area contributed by atoms with Gasteiger partial charge in [-0.3, -0.25) is 4.99 Å². The highest BCUT2D eigenvalue weighted by atomic mass is 127. The average Bonchev–Trinajstić information content (AvgIpc) is 2.67. The minimum absolute atomic E-state index is 0. The van der Waals surface area contributed by atoms with Crippen molar-refractivity contribution in [2.24, 2.45) is 4.99 Å². The summed E-state index contributed by atoms with van der Waals surface area (Å²) in [5, 5.41) is 6.86. The molecule has 2 aliphatic rings. The van der Waals surface area contributed by atoms with Gasteiger partial charge in [0.05, 0.1) is 12.3 Å². The summed E-state index contributed by atoms with van der Waals surface area (Å²) in [6.07, 6.45) is 6.52. The zero-order chi connectivity index (χ0) is 19.8. The van der Waals surface area contributed by atoms with Crippen LogP contribution in [0.1, 0.15) is 46.0 Å². The van der Waals surface area contributed by atoms with Crippen LogP contribution in [-0.4, -0.2) is 80.9 Å². The van der Waals surface area contributed by atoms with Gasteiger partial charge in [-0.2, -0.15) is 11.8 Å². The first-order valence-electron chi connectivity index (χ1n) is 10.1. The number of thioether (sulfide) groups is 1. The molecule has 2 aliphatic heterocycles. The van der Waals surface area contributed by atoms with Gasteiger partial charge in [-0.25, -0.2) is 12.7 Å².